The lowest BCUT2D eigenvalue weighted by Gasteiger charge is -2.25. The van der Waals surface area contributed by atoms with E-state index in [4.69, 9.17) is 23.7 Å². The number of hydrogen-bond acceptors (Lipinski definition) is 10. The number of thiazole rings is 1. The van der Waals surface area contributed by atoms with Gasteiger partial charge in [-0.15, -0.1) is 0 Å². The van der Waals surface area contributed by atoms with Gasteiger partial charge in [0.05, 0.1) is 48.8 Å². The third-order valence-electron chi connectivity index (χ3n) is 6.12. The van der Waals surface area contributed by atoms with E-state index in [1.165, 1.54) is 37.0 Å². The molecule has 0 amide bonds. The van der Waals surface area contributed by atoms with Crippen LogP contribution < -0.4 is 33.8 Å². The van der Waals surface area contributed by atoms with E-state index in [2.05, 4.69) is 4.99 Å². The molecule has 1 atom stereocenters. The molecule has 0 saturated heterocycles. The average molecular weight is 581 g/mol. The highest BCUT2D eigenvalue weighted by atomic mass is 32.1. The summed E-state index contributed by atoms with van der Waals surface area (Å²) in [6.07, 6.45) is 1.62. The van der Waals surface area contributed by atoms with E-state index in [9.17, 15) is 14.4 Å². The van der Waals surface area contributed by atoms with Crippen molar-refractivity contribution in [1.29, 1.82) is 0 Å². The summed E-state index contributed by atoms with van der Waals surface area (Å²) >= 11 is 1.20. The van der Waals surface area contributed by atoms with E-state index in [-0.39, 0.29) is 29.6 Å². The van der Waals surface area contributed by atoms with Gasteiger partial charge in [0.2, 0.25) is 0 Å². The van der Waals surface area contributed by atoms with E-state index in [0.29, 0.717) is 43.4 Å². The van der Waals surface area contributed by atoms with Crippen LogP contribution in [-0.4, -0.2) is 43.4 Å². The normalized spacial score (nSPS) is 14.8. The van der Waals surface area contributed by atoms with Crippen LogP contribution in [0.2, 0.25) is 0 Å². The van der Waals surface area contributed by atoms with Gasteiger partial charge in [0, 0.05) is 6.92 Å². The Hall–Kier alpha value is -4.38. The Morgan fingerprint density at radius 2 is 1.73 bits per heavy atom. The van der Waals surface area contributed by atoms with Crippen LogP contribution in [-0.2, 0) is 14.3 Å². The highest BCUT2D eigenvalue weighted by Crippen LogP contribution is 2.36. The summed E-state index contributed by atoms with van der Waals surface area (Å²) in [6.45, 7) is 8.74. The number of ether oxygens (including phenoxy) is 5. The van der Waals surface area contributed by atoms with E-state index in [1.54, 1.807) is 56.3 Å². The SMILES string of the molecule is CCOC(=O)C1=C(C)N=c2s/c(=C\c3ccc(OC(C)=O)c(OC)c3)c(=O)n2[C@@H]1c1ccc(OC(C)C)c(OC)c1. The maximum atomic E-state index is 13.9. The molecule has 2 aromatic carbocycles. The Balaban J connectivity index is 1.90. The number of rotatable bonds is 9. The van der Waals surface area contributed by atoms with Crippen molar-refractivity contribution < 1.29 is 33.3 Å². The van der Waals surface area contributed by atoms with Crippen LogP contribution in [0.1, 0.15) is 51.8 Å². The molecule has 0 spiro atoms. The zero-order chi connectivity index (χ0) is 29.8. The summed E-state index contributed by atoms with van der Waals surface area (Å²) in [4.78, 5) is 43.6. The molecule has 0 saturated carbocycles. The van der Waals surface area contributed by atoms with Crippen molar-refractivity contribution in [3.63, 3.8) is 0 Å². The molecule has 1 aliphatic rings. The van der Waals surface area contributed by atoms with Crippen molar-refractivity contribution in [3.05, 3.63) is 78.5 Å². The molecule has 0 bridgehead atoms. The number of aromatic nitrogens is 1. The number of nitrogens with zero attached hydrogens (tertiary/aromatic N) is 2. The van der Waals surface area contributed by atoms with Gasteiger partial charge in [0.1, 0.15) is 0 Å². The summed E-state index contributed by atoms with van der Waals surface area (Å²) < 4.78 is 29.3. The van der Waals surface area contributed by atoms with Crippen molar-refractivity contribution in [2.45, 2.75) is 46.8 Å². The summed E-state index contributed by atoms with van der Waals surface area (Å²) in [5, 5.41) is 0. The van der Waals surface area contributed by atoms with Crippen LogP contribution in [0.3, 0.4) is 0 Å². The monoisotopic (exact) mass is 580 g/mol. The van der Waals surface area contributed by atoms with Crippen LogP contribution in [0.25, 0.3) is 6.08 Å². The molecule has 41 heavy (non-hydrogen) atoms. The first-order valence-electron chi connectivity index (χ1n) is 13.0. The van der Waals surface area contributed by atoms with Crippen molar-refractivity contribution in [2.24, 2.45) is 4.99 Å². The van der Waals surface area contributed by atoms with E-state index in [0.717, 1.165) is 0 Å². The Morgan fingerprint density at radius 3 is 2.37 bits per heavy atom. The Bertz CT molecular complexity index is 1700. The molecule has 1 aromatic heterocycles. The molecular formula is C30H32N2O8S. The van der Waals surface area contributed by atoms with E-state index < -0.39 is 18.0 Å². The average Bonchev–Trinajstić information content (AvgIpc) is 3.22. The lowest BCUT2D eigenvalue weighted by atomic mass is 9.95. The second-order valence-electron chi connectivity index (χ2n) is 9.38. The number of esters is 2. The number of fused-ring (bicyclic) bond motifs is 1. The minimum atomic E-state index is -0.810. The molecule has 216 valence electrons. The smallest absolute Gasteiger partial charge is 0.338 e. The third kappa shape index (κ3) is 6.19. The summed E-state index contributed by atoms with van der Waals surface area (Å²) in [6, 6.07) is 9.50. The van der Waals surface area contributed by atoms with Gasteiger partial charge in [0.15, 0.2) is 27.8 Å². The number of benzene rings is 2. The van der Waals surface area contributed by atoms with Crippen LogP contribution in [0.15, 0.2) is 57.5 Å². The molecule has 10 nitrogen and oxygen atoms in total. The van der Waals surface area contributed by atoms with Crippen LogP contribution in [0.4, 0.5) is 0 Å². The molecular weight excluding hydrogens is 548 g/mol. The third-order valence-corrected chi connectivity index (χ3v) is 7.11. The quantitative estimate of drug-likeness (QED) is 0.279. The van der Waals surface area contributed by atoms with E-state index in [1.807, 2.05) is 13.8 Å². The second-order valence-corrected chi connectivity index (χ2v) is 10.4. The molecule has 0 aliphatic carbocycles. The first kappa shape index (κ1) is 29.6. The fourth-order valence-electron chi connectivity index (χ4n) is 4.48. The molecule has 0 N–H and O–H groups in total. The molecule has 0 radical (unpaired) electrons. The fraction of sp³-hybridized carbons (Fsp3) is 0.333. The Labute approximate surface area is 241 Å². The van der Waals surface area contributed by atoms with Gasteiger partial charge in [-0.1, -0.05) is 23.5 Å². The standard InChI is InChI=1S/C30H32N2O8S/c1-8-38-29(35)26-17(4)31-30-32(27(26)20-10-12-21(39-16(2)3)24(15-20)37-7)28(34)25(41-30)14-19-9-11-22(40-18(5)33)23(13-19)36-6/h9-16,27H,8H2,1-7H3/b25-14-/t27-/m1/s1. The first-order valence-corrected chi connectivity index (χ1v) is 13.8. The van der Waals surface area contributed by atoms with Gasteiger partial charge in [-0.2, -0.15) is 0 Å². The molecule has 2 heterocycles. The summed E-state index contributed by atoms with van der Waals surface area (Å²) in [5.41, 5.74) is 1.67. The minimum absolute atomic E-state index is 0.0774. The number of allylic oxidation sites excluding steroid dienone is 1. The first-order chi connectivity index (χ1) is 19.6. The zero-order valence-electron chi connectivity index (χ0n) is 24.0. The van der Waals surface area contributed by atoms with Crippen LogP contribution >= 0.6 is 11.3 Å². The summed E-state index contributed by atoms with van der Waals surface area (Å²) in [5.74, 6) is 0.597. The predicted molar refractivity (Wildman–Crippen MR) is 153 cm³/mol. The number of carbonyl (C=O) groups is 2. The van der Waals surface area contributed by atoms with Gasteiger partial charge >= 0.3 is 11.9 Å². The molecule has 11 heteroatoms. The lowest BCUT2D eigenvalue weighted by molar-refractivity contribution is -0.139. The Morgan fingerprint density at radius 1 is 1.05 bits per heavy atom. The van der Waals surface area contributed by atoms with Gasteiger partial charge in [-0.05, 0) is 69.2 Å². The Kier molecular flexibility index (Phi) is 8.97. The highest BCUT2D eigenvalue weighted by Gasteiger charge is 2.34. The topological polar surface area (TPSA) is 115 Å². The van der Waals surface area contributed by atoms with Gasteiger partial charge in [-0.25, -0.2) is 9.79 Å². The molecule has 4 rings (SSSR count). The van der Waals surface area contributed by atoms with Crippen molar-refractivity contribution in [2.75, 3.05) is 20.8 Å². The predicted octanol–water partition coefficient (Wildman–Crippen LogP) is 3.53. The maximum absolute atomic E-state index is 13.9. The maximum Gasteiger partial charge on any atom is 0.338 e. The molecule has 3 aromatic rings. The van der Waals surface area contributed by atoms with Gasteiger partial charge in [0.25, 0.3) is 5.56 Å². The fourth-order valence-corrected chi connectivity index (χ4v) is 5.52. The molecule has 0 unspecified atom stereocenters. The largest absolute Gasteiger partial charge is 0.493 e. The minimum Gasteiger partial charge on any atom is -0.493 e. The van der Waals surface area contributed by atoms with E-state index >= 15 is 0 Å². The number of hydrogen-bond donors (Lipinski definition) is 0. The van der Waals surface area contributed by atoms with Crippen molar-refractivity contribution in [3.8, 4) is 23.0 Å². The highest BCUT2D eigenvalue weighted by molar-refractivity contribution is 7.07. The summed E-state index contributed by atoms with van der Waals surface area (Å²) in [7, 11) is 3.00. The van der Waals surface area contributed by atoms with Gasteiger partial charge in [-0.3, -0.25) is 14.2 Å². The number of carbonyl (C=O) groups excluding carboxylic acids is 2. The molecule has 0 fully saturated rings. The second kappa shape index (κ2) is 12.4. The lowest BCUT2D eigenvalue weighted by Crippen LogP contribution is -2.40. The van der Waals surface area contributed by atoms with Crippen LogP contribution in [0.5, 0.6) is 23.0 Å². The van der Waals surface area contributed by atoms with Crippen molar-refractivity contribution in [1.82, 2.24) is 4.57 Å². The van der Waals surface area contributed by atoms with Crippen LogP contribution in [0, 0.1) is 0 Å². The van der Waals surface area contributed by atoms with Gasteiger partial charge < -0.3 is 23.7 Å². The number of methoxy groups -OCH3 is 2. The molecule has 1 aliphatic heterocycles. The van der Waals surface area contributed by atoms with Crippen molar-refractivity contribution >= 4 is 29.4 Å². The zero-order valence-corrected chi connectivity index (χ0v) is 24.8.